The molecule has 0 aliphatic carbocycles. The second-order valence-electron chi connectivity index (χ2n) is 4.00. The van der Waals surface area contributed by atoms with Crippen LogP contribution in [0.3, 0.4) is 0 Å². The zero-order valence-electron chi connectivity index (χ0n) is 10.6. The molecule has 6 nitrogen and oxygen atoms in total. The molecular weight excluding hydrogens is 250 g/mol. The molecule has 0 saturated heterocycles. The van der Waals surface area contributed by atoms with E-state index in [-0.39, 0.29) is 13.0 Å². The van der Waals surface area contributed by atoms with Crippen molar-refractivity contribution in [2.24, 2.45) is 0 Å². The molecule has 1 aromatic rings. The van der Waals surface area contributed by atoms with Crippen LogP contribution in [0.4, 0.5) is 4.79 Å². The highest BCUT2D eigenvalue weighted by Crippen LogP contribution is 2.03. The summed E-state index contributed by atoms with van der Waals surface area (Å²) in [4.78, 5) is 22.3. The van der Waals surface area contributed by atoms with Crippen molar-refractivity contribution >= 4 is 12.1 Å². The summed E-state index contributed by atoms with van der Waals surface area (Å²) >= 11 is 0. The highest BCUT2D eigenvalue weighted by molar-refractivity contribution is 5.80. The number of carbonyl (C=O) groups excluding carboxylic acids is 1. The van der Waals surface area contributed by atoms with Crippen LogP contribution in [0.15, 0.2) is 30.3 Å². The van der Waals surface area contributed by atoms with Crippen LogP contribution in [0, 0.1) is 0 Å². The summed E-state index contributed by atoms with van der Waals surface area (Å²) in [7, 11) is 0. The second-order valence-corrected chi connectivity index (χ2v) is 4.00. The summed E-state index contributed by atoms with van der Waals surface area (Å²) < 4.78 is 4.88. The van der Waals surface area contributed by atoms with Gasteiger partial charge in [0, 0.05) is 0 Å². The SMILES string of the molecule is CCC(O)[C@H](NC(=O)OCc1ccccc1)C(=O)O. The van der Waals surface area contributed by atoms with E-state index in [2.05, 4.69) is 5.32 Å². The molecule has 104 valence electrons. The van der Waals surface area contributed by atoms with Crippen molar-refractivity contribution in [2.75, 3.05) is 0 Å². The molecule has 0 aromatic heterocycles. The van der Waals surface area contributed by atoms with E-state index in [1.54, 1.807) is 31.2 Å². The Morgan fingerprint density at radius 3 is 2.47 bits per heavy atom. The first-order valence-corrected chi connectivity index (χ1v) is 5.92. The Bertz CT molecular complexity index is 420. The van der Waals surface area contributed by atoms with Crippen LogP contribution in [0.1, 0.15) is 18.9 Å². The molecule has 0 spiro atoms. The Morgan fingerprint density at radius 2 is 1.95 bits per heavy atom. The van der Waals surface area contributed by atoms with E-state index in [1.807, 2.05) is 6.07 Å². The Morgan fingerprint density at radius 1 is 1.32 bits per heavy atom. The van der Waals surface area contributed by atoms with Crippen LogP contribution < -0.4 is 5.32 Å². The minimum absolute atomic E-state index is 0.0429. The van der Waals surface area contributed by atoms with Crippen LogP contribution >= 0.6 is 0 Å². The number of alkyl carbamates (subject to hydrolysis) is 1. The fraction of sp³-hybridized carbons (Fsp3) is 0.385. The normalized spacial score (nSPS) is 13.4. The van der Waals surface area contributed by atoms with E-state index < -0.39 is 24.2 Å². The molecule has 0 bridgehead atoms. The van der Waals surface area contributed by atoms with Gasteiger partial charge in [-0.3, -0.25) is 0 Å². The van der Waals surface area contributed by atoms with Crippen molar-refractivity contribution in [1.82, 2.24) is 5.32 Å². The Labute approximate surface area is 111 Å². The van der Waals surface area contributed by atoms with Crippen molar-refractivity contribution in [2.45, 2.75) is 32.1 Å². The second kappa shape index (κ2) is 7.38. The standard InChI is InChI=1S/C13H17NO5/c1-2-10(15)11(12(16)17)14-13(18)19-8-9-6-4-3-5-7-9/h3-7,10-11,15H,2,8H2,1H3,(H,14,18)(H,16,17)/t10?,11-/m0/s1. The number of aliphatic carboxylic acids is 1. The molecule has 0 radical (unpaired) electrons. The lowest BCUT2D eigenvalue weighted by Gasteiger charge is -2.18. The van der Waals surface area contributed by atoms with Gasteiger partial charge in [-0.15, -0.1) is 0 Å². The third kappa shape index (κ3) is 4.97. The first kappa shape index (κ1) is 15.0. The number of hydrogen-bond donors (Lipinski definition) is 3. The first-order valence-electron chi connectivity index (χ1n) is 5.92. The molecule has 1 aromatic carbocycles. The van der Waals surface area contributed by atoms with Gasteiger partial charge < -0.3 is 20.3 Å². The highest BCUT2D eigenvalue weighted by Gasteiger charge is 2.27. The van der Waals surface area contributed by atoms with Gasteiger partial charge in [0.25, 0.3) is 0 Å². The lowest BCUT2D eigenvalue weighted by molar-refractivity contribution is -0.142. The van der Waals surface area contributed by atoms with E-state index >= 15 is 0 Å². The van der Waals surface area contributed by atoms with E-state index in [4.69, 9.17) is 9.84 Å². The van der Waals surface area contributed by atoms with Gasteiger partial charge in [-0.1, -0.05) is 37.3 Å². The fourth-order valence-corrected chi connectivity index (χ4v) is 1.45. The minimum atomic E-state index is -1.37. The zero-order chi connectivity index (χ0) is 14.3. The number of nitrogens with one attached hydrogen (secondary N) is 1. The van der Waals surface area contributed by atoms with E-state index in [0.29, 0.717) is 0 Å². The number of benzene rings is 1. The maximum atomic E-state index is 11.4. The molecule has 1 rings (SSSR count). The molecule has 2 atom stereocenters. The Kier molecular flexibility index (Phi) is 5.81. The van der Waals surface area contributed by atoms with Crippen molar-refractivity contribution in [1.29, 1.82) is 0 Å². The number of carboxylic acid groups (broad SMARTS) is 1. The number of hydrogen-bond acceptors (Lipinski definition) is 4. The Hall–Kier alpha value is -2.08. The van der Waals surface area contributed by atoms with Crippen LogP contribution in [0.25, 0.3) is 0 Å². The van der Waals surface area contributed by atoms with Gasteiger partial charge in [0.1, 0.15) is 6.61 Å². The minimum Gasteiger partial charge on any atom is -0.480 e. The quantitative estimate of drug-likeness (QED) is 0.718. The van der Waals surface area contributed by atoms with Crippen molar-refractivity contribution in [3.05, 3.63) is 35.9 Å². The maximum Gasteiger partial charge on any atom is 0.408 e. The molecule has 1 amide bonds. The van der Waals surface area contributed by atoms with E-state index in [1.165, 1.54) is 0 Å². The molecule has 6 heteroatoms. The van der Waals surface area contributed by atoms with Crippen LogP contribution in [0.5, 0.6) is 0 Å². The number of amides is 1. The summed E-state index contributed by atoms with van der Waals surface area (Å²) in [5.74, 6) is -1.30. The number of ether oxygens (including phenoxy) is 1. The monoisotopic (exact) mass is 267 g/mol. The molecule has 0 aliphatic heterocycles. The Balaban J connectivity index is 2.47. The lowest BCUT2D eigenvalue weighted by Crippen LogP contribution is -2.48. The van der Waals surface area contributed by atoms with Crippen LogP contribution in [-0.2, 0) is 16.1 Å². The van der Waals surface area contributed by atoms with E-state index in [9.17, 15) is 14.7 Å². The van der Waals surface area contributed by atoms with Crippen LogP contribution in [-0.4, -0.2) is 34.4 Å². The zero-order valence-corrected chi connectivity index (χ0v) is 10.6. The topological polar surface area (TPSA) is 95.9 Å². The molecule has 1 unspecified atom stereocenters. The predicted octanol–water partition coefficient (Wildman–Crippen LogP) is 1.14. The molecule has 0 fully saturated rings. The van der Waals surface area contributed by atoms with Crippen molar-refractivity contribution in [3.8, 4) is 0 Å². The summed E-state index contributed by atoms with van der Waals surface area (Å²) in [6, 6.07) is 7.63. The summed E-state index contributed by atoms with van der Waals surface area (Å²) in [5.41, 5.74) is 0.792. The summed E-state index contributed by atoms with van der Waals surface area (Å²) in [5, 5.41) is 20.5. The predicted molar refractivity (Wildman–Crippen MR) is 67.5 cm³/mol. The average Bonchev–Trinajstić information content (AvgIpc) is 2.42. The van der Waals surface area contributed by atoms with E-state index in [0.717, 1.165) is 5.56 Å². The molecule has 0 aliphatic rings. The summed E-state index contributed by atoms with van der Waals surface area (Å²) in [6.45, 7) is 1.67. The maximum absolute atomic E-state index is 11.4. The number of carboxylic acids is 1. The third-order valence-corrected chi connectivity index (χ3v) is 2.56. The number of aliphatic hydroxyl groups is 1. The lowest BCUT2D eigenvalue weighted by atomic mass is 10.1. The van der Waals surface area contributed by atoms with Gasteiger partial charge in [0.15, 0.2) is 6.04 Å². The summed E-state index contributed by atoms with van der Waals surface area (Å²) in [6.07, 6.45) is -1.80. The molecular formula is C13H17NO5. The molecule has 19 heavy (non-hydrogen) atoms. The smallest absolute Gasteiger partial charge is 0.408 e. The number of carbonyl (C=O) groups is 2. The van der Waals surface area contributed by atoms with Gasteiger partial charge in [-0.2, -0.15) is 0 Å². The van der Waals surface area contributed by atoms with Crippen molar-refractivity contribution < 1.29 is 24.5 Å². The molecule has 0 saturated carbocycles. The largest absolute Gasteiger partial charge is 0.480 e. The van der Waals surface area contributed by atoms with Gasteiger partial charge in [-0.25, -0.2) is 9.59 Å². The molecule has 0 heterocycles. The third-order valence-electron chi connectivity index (χ3n) is 2.56. The van der Waals surface area contributed by atoms with Gasteiger partial charge in [0.2, 0.25) is 0 Å². The van der Waals surface area contributed by atoms with Gasteiger partial charge >= 0.3 is 12.1 Å². The average molecular weight is 267 g/mol. The molecule has 3 N–H and O–H groups in total. The fourth-order valence-electron chi connectivity index (χ4n) is 1.45. The van der Waals surface area contributed by atoms with Gasteiger partial charge in [-0.05, 0) is 12.0 Å². The number of aliphatic hydroxyl groups excluding tert-OH is 1. The highest BCUT2D eigenvalue weighted by atomic mass is 16.5. The van der Waals surface area contributed by atoms with Crippen molar-refractivity contribution in [3.63, 3.8) is 0 Å². The first-order chi connectivity index (χ1) is 9.04. The van der Waals surface area contributed by atoms with Gasteiger partial charge in [0.05, 0.1) is 6.10 Å². The number of rotatable bonds is 6. The van der Waals surface area contributed by atoms with Crippen LogP contribution in [0.2, 0.25) is 0 Å².